The van der Waals surface area contributed by atoms with Gasteiger partial charge in [-0.2, -0.15) is 0 Å². The third-order valence-corrected chi connectivity index (χ3v) is 10.6. The zero-order chi connectivity index (χ0) is 33.2. The number of rotatable bonds is 2. The minimum atomic E-state index is 0.560. The van der Waals surface area contributed by atoms with Crippen molar-refractivity contribution in [2.24, 2.45) is 0 Å². The molecular formula is C46H25N3O2. The van der Waals surface area contributed by atoms with E-state index in [4.69, 9.17) is 18.8 Å². The van der Waals surface area contributed by atoms with Crippen molar-refractivity contribution in [1.29, 1.82) is 0 Å². The molecule has 0 bridgehead atoms. The van der Waals surface area contributed by atoms with Crippen molar-refractivity contribution in [3.63, 3.8) is 0 Å². The van der Waals surface area contributed by atoms with Crippen molar-refractivity contribution in [2.45, 2.75) is 0 Å². The lowest BCUT2D eigenvalue weighted by Crippen LogP contribution is -2.03. The maximum absolute atomic E-state index is 6.99. The number of hydrogen-bond acceptors (Lipinski definition) is 4. The van der Waals surface area contributed by atoms with Crippen LogP contribution in [0.5, 0.6) is 0 Å². The molecule has 0 fully saturated rings. The van der Waals surface area contributed by atoms with Gasteiger partial charge in [0.15, 0.2) is 11.2 Å². The summed E-state index contributed by atoms with van der Waals surface area (Å²) in [7, 11) is 0. The van der Waals surface area contributed by atoms with E-state index in [9.17, 15) is 0 Å². The van der Waals surface area contributed by atoms with Crippen LogP contribution in [-0.2, 0) is 0 Å². The van der Waals surface area contributed by atoms with Gasteiger partial charge in [0.1, 0.15) is 27.9 Å². The minimum Gasteiger partial charge on any atom is -0.454 e. The van der Waals surface area contributed by atoms with Crippen molar-refractivity contribution in [1.82, 2.24) is 14.5 Å². The minimum absolute atomic E-state index is 0.560. The van der Waals surface area contributed by atoms with Crippen LogP contribution in [0.25, 0.3) is 115 Å². The lowest BCUT2D eigenvalue weighted by Gasteiger charge is -2.14. The molecule has 4 aromatic heterocycles. The molecular weight excluding hydrogens is 627 g/mol. The largest absolute Gasteiger partial charge is 0.454 e. The molecule has 0 spiro atoms. The molecule has 0 amide bonds. The fourth-order valence-corrected chi connectivity index (χ4v) is 8.51. The van der Waals surface area contributed by atoms with E-state index in [1.54, 1.807) is 0 Å². The maximum Gasteiger partial charge on any atom is 0.236 e. The van der Waals surface area contributed by atoms with E-state index in [1.807, 2.05) is 42.5 Å². The Labute approximate surface area is 289 Å². The van der Waals surface area contributed by atoms with Gasteiger partial charge in [-0.1, -0.05) is 127 Å². The number of para-hydroxylation sites is 3. The Kier molecular flexibility index (Phi) is 5.17. The quantitative estimate of drug-likeness (QED) is 0.175. The van der Waals surface area contributed by atoms with Gasteiger partial charge >= 0.3 is 0 Å². The fourth-order valence-electron chi connectivity index (χ4n) is 8.51. The third kappa shape index (κ3) is 3.49. The molecule has 5 heteroatoms. The van der Waals surface area contributed by atoms with Gasteiger partial charge in [-0.05, 0) is 45.8 Å². The molecule has 0 N–H and O–H groups in total. The van der Waals surface area contributed by atoms with Crippen LogP contribution in [0.3, 0.4) is 0 Å². The number of nitrogens with zero attached hydrogens (tertiary/aromatic N) is 3. The van der Waals surface area contributed by atoms with Crippen LogP contribution in [-0.4, -0.2) is 14.5 Å². The van der Waals surface area contributed by atoms with Crippen LogP contribution in [0.15, 0.2) is 160 Å². The summed E-state index contributed by atoms with van der Waals surface area (Å²) < 4.78 is 15.7. The van der Waals surface area contributed by atoms with Gasteiger partial charge in [0.2, 0.25) is 5.95 Å². The molecule has 12 aromatic rings. The van der Waals surface area contributed by atoms with Crippen molar-refractivity contribution in [2.75, 3.05) is 0 Å². The molecule has 0 saturated heterocycles. The summed E-state index contributed by atoms with van der Waals surface area (Å²) in [5.74, 6) is 0.560. The summed E-state index contributed by atoms with van der Waals surface area (Å²) in [5, 5.41) is 12.6. The monoisotopic (exact) mass is 651 g/mol. The van der Waals surface area contributed by atoms with Crippen LogP contribution in [0, 0.1) is 0 Å². The van der Waals surface area contributed by atoms with Gasteiger partial charge in [-0.25, -0.2) is 9.97 Å². The second-order valence-electron chi connectivity index (χ2n) is 13.2. The Morgan fingerprint density at radius 1 is 0.392 bits per heavy atom. The first-order chi connectivity index (χ1) is 25.3. The van der Waals surface area contributed by atoms with Crippen molar-refractivity contribution >= 4 is 98.1 Å². The average Bonchev–Trinajstić information content (AvgIpc) is 3.88. The zero-order valence-corrected chi connectivity index (χ0v) is 27.1. The molecule has 4 heterocycles. The molecule has 51 heavy (non-hydrogen) atoms. The molecule has 0 saturated carbocycles. The van der Waals surface area contributed by atoms with Gasteiger partial charge < -0.3 is 8.83 Å². The summed E-state index contributed by atoms with van der Waals surface area (Å²) in [6.07, 6.45) is 0. The van der Waals surface area contributed by atoms with Gasteiger partial charge in [0.25, 0.3) is 0 Å². The van der Waals surface area contributed by atoms with E-state index >= 15 is 0 Å². The predicted molar refractivity (Wildman–Crippen MR) is 209 cm³/mol. The highest BCUT2D eigenvalue weighted by atomic mass is 16.3. The molecule has 0 aliphatic carbocycles. The Morgan fingerprint density at radius 2 is 0.922 bits per heavy atom. The topological polar surface area (TPSA) is 57.0 Å². The van der Waals surface area contributed by atoms with Crippen LogP contribution in [0.4, 0.5) is 0 Å². The summed E-state index contributed by atoms with van der Waals surface area (Å²) >= 11 is 0. The number of hydrogen-bond donors (Lipinski definition) is 0. The van der Waals surface area contributed by atoms with Crippen LogP contribution in [0.2, 0.25) is 0 Å². The van der Waals surface area contributed by atoms with Crippen LogP contribution in [0.1, 0.15) is 0 Å². The first kappa shape index (κ1) is 26.9. The summed E-state index contributed by atoms with van der Waals surface area (Å²) in [6, 6.07) is 52.8. The number of benzene rings is 8. The average molecular weight is 652 g/mol. The second kappa shape index (κ2) is 9.80. The van der Waals surface area contributed by atoms with Crippen LogP contribution < -0.4 is 0 Å². The fraction of sp³-hybridized carbons (Fsp3) is 0. The molecule has 8 aromatic carbocycles. The predicted octanol–water partition coefficient (Wildman–Crippen LogP) is 12.5. The Balaban J connectivity index is 1.38. The number of furan rings is 2. The zero-order valence-electron chi connectivity index (χ0n) is 27.1. The van der Waals surface area contributed by atoms with Crippen LogP contribution >= 0.6 is 0 Å². The van der Waals surface area contributed by atoms with E-state index in [2.05, 4.69) is 114 Å². The van der Waals surface area contributed by atoms with E-state index in [0.717, 1.165) is 71.5 Å². The summed E-state index contributed by atoms with van der Waals surface area (Å²) in [4.78, 5) is 10.7. The number of aromatic nitrogens is 3. The second-order valence-corrected chi connectivity index (χ2v) is 13.2. The van der Waals surface area contributed by atoms with Gasteiger partial charge in [-0.15, -0.1) is 0 Å². The Bertz CT molecular complexity index is 3420. The highest BCUT2D eigenvalue weighted by molar-refractivity contribution is 6.44. The maximum atomic E-state index is 6.99. The molecule has 0 unspecified atom stereocenters. The smallest absolute Gasteiger partial charge is 0.236 e. The lowest BCUT2D eigenvalue weighted by molar-refractivity contribution is 0.666. The summed E-state index contributed by atoms with van der Waals surface area (Å²) in [5.41, 5.74) is 7.55. The first-order valence-corrected chi connectivity index (χ1v) is 17.2. The molecule has 0 atom stereocenters. The standard InChI is InChI=1S/C46H25N3O2/c1-2-14-26(15-3-1)41-45-42(33-22-10-13-25-36(33)51-45)48-46(47-41)49-34-23-11-8-20-31(34)39-37-29-18-6-4-16-27(29)28-17-5-7-19-30(28)38(37)40-32-21-9-12-24-35(32)50-44(40)43(39)49/h1-25H. The van der Waals surface area contributed by atoms with Crippen molar-refractivity contribution < 1.29 is 8.83 Å². The third-order valence-electron chi connectivity index (χ3n) is 10.6. The Hall–Kier alpha value is -6.98. The molecule has 12 rings (SSSR count). The molecule has 0 radical (unpaired) electrons. The molecule has 0 aliphatic rings. The van der Waals surface area contributed by atoms with E-state index in [-0.39, 0.29) is 0 Å². The molecule has 0 aliphatic heterocycles. The number of fused-ring (bicyclic) bond motifs is 18. The highest BCUT2D eigenvalue weighted by Crippen LogP contribution is 2.50. The van der Waals surface area contributed by atoms with Gasteiger partial charge in [-0.3, -0.25) is 4.57 Å². The normalized spacial score (nSPS) is 12.3. The lowest BCUT2D eigenvalue weighted by atomic mass is 9.89. The van der Waals surface area contributed by atoms with E-state index in [0.29, 0.717) is 11.5 Å². The van der Waals surface area contributed by atoms with E-state index < -0.39 is 0 Å². The SMILES string of the molecule is c1ccc(-c2nc(-n3c4ccccc4c4c5c6ccccc6c6ccccc6c5c5c6ccccc6oc5c43)nc3c2oc2ccccc23)cc1. The van der Waals surface area contributed by atoms with Crippen molar-refractivity contribution in [3.05, 3.63) is 152 Å². The Morgan fingerprint density at radius 3 is 1.65 bits per heavy atom. The molecule has 236 valence electrons. The highest BCUT2D eigenvalue weighted by Gasteiger charge is 2.27. The van der Waals surface area contributed by atoms with Gasteiger partial charge in [0.05, 0.1) is 5.52 Å². The molecule has 5 nitrogen and oxygen atoms in total. The summed E-state index contributed by atoms with van der Waals surface area (Å²) in [6.45, 7) is 0. The first-order valence-electron chi connectivity index (χ1n) is 17.2. The van der Waals surface area contributed by atoms with E-state index in [1.165, 1.54) is 32.3 Å². The van der Waals surface area contributed by atoms with Crippen molar-refractivity contribution in [3.8, 4) is 17.2 Å². The van der Waals surface area contributed by atoms with Gasteiger partial charge in [0, 0.05) is 43.3 Å².